The van der Waals surface area contributed by atoms with Crippen molar-refractivity contribution >= 4 is 0 Å². The van der Waals surface area contributed by atoms with Crippen LogP contribution >= 0.6 is 0 Å². The summed E-state index contributed by atoms with van der Waals surface area (Å²) in [6, 6.07) is 8.06. The first kappa shape index (κ1) is 6.13. The van der Waals surface area contributed by atoms with Crippen LogP contribution in [0.4, 0.5) is 0 Å². The molecule has 0 saturated carbocycles. The second kappa shape index (κ2) is 3.91. The van der Waals surface area contributed by atoms with Crippen molar-refractivity contribution in [1.29, 1.82) is 0 Å². The molecule has 0 aliphatic carbocycles. The maximum absolute atomic E-state index is 7.89. The van der Waals surface area contributed by atoms with E-state index in [9.17, 15) is 0 Å². The van der Waals surface area contributed by atoms with E-state index in [1.54, 1.807) is 24.3 Å². The van der Waals surface area contributed by atoms with E-state index in [1.165, 1.54) is 0 Å². The lowest BCUT2D eigenvalue weighted by Crippen LogP contribution is -3.61. The van der Waals surface area contributed by atoms with Gasteiger partial charge in [0, 0.05) is 11.1 Å². The topological polar surface area (TPSA) is 0 Å². The van der Waals surface area contributed by atoms with Crippen LogP contribution in [-0.4, -0.2) is 0 Å². The quantitative estimate of drug-likeness (QED) is 0.383. The highest BCUT2D eigenvalue weighted by Crippen LogP contribution is 2.21. The summed E-state index contributed by atoms with van der Waals surface area (Å²) >= 11 is -0.508. The van der Waals surface area contributed by atoms with Gasteiger partial charge in [-0.2, -0.15) is 0 Å². The molecule has 0 amide bonds. The summed E-state index contributed by atoms with van der Waals surface area (Å²) in [5.74, 6) is 0. The van der Waals surface area contributed by atoms with Gasteiger partial charge in [-0.1, -0.05) is 24.2 Å². The molecule has 70 valence electrons. The van der Waals surface area contributed by atoms with E-state index in [2.05, 4.69) is 0 Å². The Hall–Kier alpha value is -0.540. The first-order valence-corrected chi connectivity index (χ1v) is 6.09. The summed E-state index contributed by atoms with van der Waals surface area (Å²) in [4.78, 5) is 0. The van der Waals surface area contributed by atoms with E-state index in [0.29, 0.717) is 24.2 Å². The molecule has 1 aliphatic heterocycles. The average molecular weight is 323 g/mol. The Kier molecular flexibility index (Phi) is 1.71. The van der Waals surface area contributed by atoms with Crippen molar-refractivity contribution in [3.05, 3.63) is 55.6 Å². The number of rotatable bonds is 0. The zero-order chi connectivity index (χ0) is 12.2. The second-order valence-corrected chi connectivity index (χ2v) is 5.45. The lowest BCUT2D eigenvalue weighted by molar-refractivity contribution is -0.589. The highest BCUT2D eigenvalue weighted by atomic mass is 127. The minimum absolute atomic E-state index is 0. The normalized spacial score (nSPS) is 15.4. The molecular formula is C12H8ClI. The molecule has 0 atom stereocenters. The van der Waals surface area contributed by atoms with Gasteiger partial charge in [0.05, 0.1) is 5.48 Å². The fourth-order valence-corrected chi connectivity index (χ4v) is 4.02. The molecule has 0 fully saturated rings. The summed E-state index contributed by atoms with van der Waals surface area (Å²) in [5, 5.41) is 0. The molecule has 0 saturated heterocycles. The predicted octanol–water partition coefficient (Wildman–Crippen LogP) is -3.20. The highest BCUT2D eigenvalue weighted by Gasteiger charge is 2.31. The first-order chi connectivity index (χ1) is 8.06. The van der Waals surface area contributed by atoms with Gasteiger partial charge in [0.15, 0.2) is 0 Å². The van der Waals surface area contributed by atoms with E-state index < -0.39 is 21.2 Å². The molecule has 3 rings (SSSR count). The van der Waals surface area contributed by atoms with Gasteiger partial charge in [0.1, 0.15) is 0 Å². The number of fused-ring (bicyclic) bond motifs is 3. The van der Waals surface area contributed by atoms with Crippen LogP contribution in [0.25, 0.3) is 11.1 Å². The number of halogens is 2. The number of benzene rings is 2. The van der Waals surface area contributed by atoms with Crippen molar-refractivity contribution in [2.24, 2.45) is 0 Å². The summed E-state index contributed by atoms with van der Waals surface area (Å²) in [6.07, 6.45) is 0. The molecule has 0 radical (unpaired) electrons. The second-order valence-electron chi connectivity index (χ2n) is 2.75. The standard InChI is InChI=1S/C12H8I.ClH/c1-3-7-11-9(5-1)10-6-2-4-8-12(10)13-11;/h1-8H;1H/q+1;/p-1/i1T,2T,7T,8T;. The third-order valence-corrected chi connectivity index (χ3v) is 4.84. The highest BCUT2D eigenvalue weighted by molar-refractivity contribution is 5.64. The molecule has 2 heteroatoms. The molecule has 0 nitrogen and oxygen atoms in total. The van der Waals surface area contributed by atoms with Crippen LogP contribution in [-0.2, 0) is 0 Å². The van der Waals surface area contributed by atoms with Crippen LogP contribution in [0.1, 0.15) is 5.48 Å². The Balaban J connectivity index is 0.00000120. The minimum Gasteiger partial charge on any atom is -1.00 e. The van der Waals surface area contributed by atoms with Crippen LogP contribution in [0.2, 0.25) is 0 Å². The third-order valence-electron chi connectivity index (χ3n) is 1.97. The molecule has 0 aromatic heterocycles. The van der Waals surface area contributed by atoms with Crippen molar-refractivity contribution in [2.75, 3.05) is 0 Å². The Bertz CT molecular complexity index is 587. The van der Waals surface area contributed by atoms with E-state index in [1.807, 2.05) is 0 Å². The van der Waals surface area contributed by atoms with Crippen molar-refractivity contribution in [3.63, 3.8) is 0 Å². The lowest BCUT2D eigenvalue weighted by Gasteiger charge is -1.91. The molecule has 14 heavy (non-hydrogen) atoms. The molecule has 0 spiro atoms. The summed E-state index contributed by atoms with van der Waals surface area (Å²) < 4.78 is 33.0. The maximum Gasteiger partial charge on any atom is 0.359 e. The molecule has 2 aromatic carbocycles. The molecular weight excluding hydrogens is 306 g/mol. The Morgan fingerprint density at radius 3 is 1.93 bits per heavy atom. The summed E-state index contributed by atoms with van der Waals surface area (Å²) in [6.45, 7) is 0. The van der Waals surface area contributed by atoms with E-state index in [0.717, 1.165) is 18.3 Å². The van der Waals surface area contributed by atoms with E-state index >= 15 is 0 Å². The Labute approximate surface area is 106 Å². The molecule has 0 bridgehead atoms. The van der Waals surface area contributed by atoms with E-state index in [4.69, 9.17) is 5.48 Å². The van der Waals surface area contributed by atoms with E-state index in [-0.39, 0.29) is 12.4 Å². The van der Waals surface area contributed by atoms with Crippen molar-refractivity contribution < 1.29 is 39.1 Å². The molecule has 0 unspecified atom stereocenters. The van der Waals surface area contributed by atoms with Crippen molar-refractivity contribution in [2.45, 2.75) is 0 Å². The third kappa shape index (κ3) is 1.44. The monoisotopic (exact) mass is 322 g/mol. The van der Waals surface area contributed by atoms with Gasteiger partial charge in [0.25, 0.3) is 0 Å². The van der Waals surface area contributed by atoms with Crippen LogP contribution in [0.3, 0.4) is 0 Å². The minimum atomic E-state index is -0.508. The van der Waals surface area contributed by atoms with Gasteiger partial charge in [-0.15, -0.1) is 0 Å². The van der Waals surface area contributed by atoms with Gasteiger partial charge in [-0.05, 0) is 24.2 Å². The van der Waals surface area contributed by atoms with Gasteiger partial charge in [-0.3, -0.25) is 0 Å². The molecule has 2 aromatic rings. The predicted molar refractivity (Wildman–Crippen MR) is 49.3 cm³/mol. The zero-order valence-corrected chi connectivity index (χ0v) is 9.98. The first-order valence-electron chi connectivity index (χ1n) is 5.94. The fraction of sp³-hybridized carbons (Fsp3) is 0. The largest absolute Gasteiger partial charge is 1.00 e. The fourth-order valence-electron chi connectivity index (χ4n) is 1.39. The van der Waals surface area contributed by atoms with Crippen LogP contribution in [0.15, 0.2) is 48.4 Å². The maximum atomic E-state index is 7.89. The van der Waals surface area contributed by atoms with Gasteiger partial charge in [-0.25, -0.2) is 0 Å². The smallest absolute Gasteiger partial charge is 0.359 e. The van der Waals surface area contributed by atoms with Gasteiger partial charge in [0.2, 0.25) is 7.14 Å². The SMILES string of the molecule is [3H]c1cc([3H])c2c(c1)-c1cc([3H])cc([3H])c1[I+]2.[Cl-]. The number of hydrogen-bond acceptors (Lipinski definition) is 0. The van der Waals surface area contributed by atoms with Crippen molar-refractivity contribution in [3.8, 4) is 11.1 Å². The van der Waals surface area contributed by atoms with Crippen LogP contribution < -0.4 is 33.6 Å². The van der Waals surface area contributed by atoms with Gasteiger partial charge >= 0.3 is 21.2 Å². The number of hydrogen-bond donors (Lipinski definition) is 0. The Morgan fingerprint density at radius 2 is 1.43 bits per heavy atom. The van der Waals surface area contributed by atoms with Gasteiger partial charge < -0.3 is 12.4 Å². The lowest BCUT2D eigenvalue weighted by atomic mass is 10.1. The van der Waals surface area contributed by atoms with Crippen LogP contribution in [0, 0.1) is 7.14 Å². The summed E-state index contributed by atoms with van der Waals surface area (Å²) in [7, 11) is 0. The molecule has 0 N–H and O–H groups in total. The average Bonchev–Trinajstić information content (AvgIpc) is 2.58. The molecule has 1 heterocycles. The Morgan fingerprint density at radius 1 is 0.929 bits per heavy atom. The zero-order valence-electron chi connectivity index (χ0n) is 11.1. The van der Waals surface area contributed by atoms with Crippen LogP contribution in [0.5, 0.6) is 0 Å². The molecule has 1 aliphatic rings. The van der Waals surface area contributed by atoms with Crippen molar-refractivity contribution in [1.82, 2.24) is 0 Å². The summed E-state index contributed by atoms with van der Waals surface area (Å²) in [5.41, 5.74) is 1.79.